The van der Waals surface area contributed by atoms with Crippen molar-refractivity contribution in [1.29, 1.82) is 0 Å². The van der Waals surface area contributed by atoms with E-state index in [9.17, 15) is 4.79 Å². The first-order valence-electron chi connectivity index (χ1n) is 7.95. The fraction of sp³-hybridized carbons (Fsp3) is 0.412. The third-order valence-corrected chi connectivity index (χ3v) is 5.67. The molecule has 2 heterocycles. The summed E-state index contributed by atoms with van der Waals surface area (Å²) in [5.74, 6) is 0.808. The van der Waals surface area contributed by atoms with Gasteiger partial charge in [-0.2, -0.15) is 0 Å². The second-order valence-corrected chi connectivity index (χ2v) is 7.31. The molecule has 2 fully saturated rings. The Balaban J connectivity index is 1.55. The van der Waals surface area contributed by atoms with Crippen molar-refractivity contribution >= 4 is 22.9 Å². The molecule has 5 heteroatoms. The number of benzene rings is 1. The summed E-state index contributed by atoms with van der Waals surface area (Å²) in [6.07, 6.45) is 4.62. The smallest absolute Gasteiger partial charge is 0.258 e. The van der Waals surface area contributed by atoms with Crippen molar-refractivity contribution in [2.24, 2.45) is 0 Å². The van der Waals surface area contributed by atoms with E-state index in [1.807, 2.05) is 29.2 Å². The zero-order valence-electron chi connectivity index (χ0n) is 12.2. The van der Waals surface area contributed by atoms with Crippen LogP contribution in [-0.2, 0) is 0 Å². The first-order chi connectivity index (χ1) is 10.8. The summed E-state index contributed by atoms with van der Waals surface area (Å²) in [6, 6.07) is 8.16. The minimum Gasteiger partial charge on any atom is -0.359 e. The Hall–Kier alpha value is -1.88. The van der Waals surface area contributed by atoms with Crippen molar-refractivity contribution in [3.8, 4) is 0 Å². The molecule has 22 heavy (non-hydrogen) atoms. The molecule has 3 aliphatic rings. The molecular formula is C17H17N3OS. The van der Waals surface area contributed by atoms with Gasteiger partial charge in [-0.05, 0) is 37.8 Å². The van der Waals surface area contributed by atoms with Crippen LogP contribution in [0.3, 0.4) is 0 Å². The summed E-state index contributed by atoms with van der Waals surface area (Å²) in [5.41, 5.74) is 2.71. The Morgan fingerprint density at radius 3 is 2.77 bits per heavy atom. The molecule has 1 aromatic carbocycles. The number of rotatable bonds is 3. The number of aromatic nitrogens is 1. The predicted octanol–water partition coefficient (Wildman–Crippen LogP) is 3.75. The number of amides is 1. The molecule has 2 aromatic rings. The quantitative estimate of drug-likeness (QED) is 0.939. The van der Waals surface area contributed by atoms with E-state index in [0.717, 1.165) is 29.8 Å². The van der Waals surface area contributed by atoms with Crippen LogP contribution in [0.1, 0.15) is 58.8 Å². The lowest BCUT2D eigenvalue weighted by molar-refractivity contribution is 0.0663. The van der Waals surface area contributed by atoms with Gasteiger partial charge in [0, 0.05) is 23.0 Å². The fourth-order valence-electron chi connectivity index (χ4n) is 3.16. The molecule has 112 valence electrons. The van der Waals surface area contributed by atoms with E-state index in [0.29, 0.717) is 12.0 Å². The number of hydrogen-bond donors (Lipinski definition) is 1. The number of anilines is 1. The molecule has 2 aliphatic carbocycles. The number of para-hydroxylation sites is 1. The van der Waals surface area contributed by atoms with Crippen molar-refractivity contribution in [3.63, 3.8) is 0 Å². The van der Waals surface area contributed by atoms with Gasteiger partial charge in [-0.25, -0.2) is 4.98 Å². The van der Waals surface area contributed by atoms with Gasteiger partial charge in [0.1, 0.15) is 6.17 Å². The topological polar surface area (TPSA) is 45.2 Å². The number of nitrogens with zero attached hydrogens (tertiary/aromatic N) is 2. The maximum atomic E-state index is 12.9. The van der Waals surface area contributed by atoms with Gasteiger partial charge in [-0.15, -0.1) is 11.3 Å². The number of carbonyl (C=O) groups excluding carboxylic acids is 1. The van der Waals surface area contributed by atoms with Crippen LogP contribution < -0.4 is 5.32 Å². The molecule has 1 aromatic heterocycles. The third kappa shape index (κ3) is 1.96. The molecule has 0 spiro atoms. The maximum absolute atomic E-state index is 12.9. The van der Waals surface area contributed by atoms with Gasteiger partial charge in [-0.1, -0.05) is 12.1 Å². The highest BCUT2D eigenvalue weighted by atomic mass is 32.1. The number of fused-ring (bicyclic) bond motifs is 1. The number of carbonyl (C=O) groups is 1. The van der Waals surface area contributed by atoms with Gasteiger partial charge in [0.25, 0.3) is 5.91 Å². The molecule has 1 aliphatic heterocycles. The average Bonchev–Trinajstić information content (AvgIpc) is 3.47. The van der Waals surface area contributed by atoms with Crippen LogP contribution in [0, 0.1) is 0 Å². The SMILES string of the molecule is O=C1c2ccccc2NC(c2csc(C3CC3)n2)N1C1CC1. The Kier molecular flexibility index (Phi) is 2.62. The van der Waals surface area contributed by atoms with Crippen molar-refractivity contribution < 1.29 is 4.79 Å². The van der Waals surface area contributed by atoms with Crippen LogP contribution in [0.5, 0.6) is 0 Å². The van der Waals surface area contributed by atoms with E-state index < -0.39 is 0 Å². The van der Waals surface area contributed by atoms with Crippen molar-refractivity contribution in [2.75, 3.05) is 5.32 Å². The van der Waals surface area contributed by atoms with E-state index in [-0.39, 0.29) is 12.1 Å². The predicted molar refractivity (Wildman–Crippen MR) is 86.1 cm³/mol. The largest absolute Gasteiger partial charge is 0.359 e. The van der Waals surface area contributed by atoms with E-state index in [4.69, 9.17) is 4.98 Å². The van der Waals surface area contributed by atoms with Crippen LogP contribution in [0.25, 0.3) is 0 Å². The third-order valence-electron chi connectivity index (χ3n) is 4.65. The highest BCUT2D eigenvalue weighted by Gasteiger charge is 2.43. The van der Waals surface area contributed by atoms with Crippen LogP contribution in [0.4, 0.5) is 5.69 Å². The fourth-order valence-corrected chi connectivity index (χ4v) is 4.17. The van der Waals surface area contributed by atoms with Crippen molar-refractivity contribution in [3.05, 3.63) is 45.9 Å². The number of hydrogen-bond acceptors (Lipinski definition) is 4. The van der Waals surface area contributed by atoms with Gasteiger partial charge in [0.2, 0.25) is 0 Å². The van der Waals surface area contributed by atoms with Crippen LogP contribution in [0.2, 0.25) is 0 Å². The first kappa shape index (κ1) is 12.6. The standard InChI is InChI=1S/C17H17N3OS/c21-17-12-3-1-2-4-13(12)18-15(20(17)11-7-8-11)14-9-22-16(19-14)10-5-6-10/h1-4,9-11,15,18H,5-8H2. The number of thiazole rings is 1. The second-order valence-electron chi connectivity index (χ2n) is 6.42. The second kappa shape index (κ2) is 4.56. The Morgan fingerprint density at radius 1 is 1.18 bits per heavy atom. The number of nitrogens with one attached hydrogen (secondary N) is 1. The van der Waals surface area contributed by atoms with Crippen LogP contribution in [0.15, 0.2) is 29.6 Å². The summed E-state index contributed by atoms with van der Waals surface area (Å²) in [7, 11) is 0. The lowest BCUT2D eigenvalue weighted by atomic mass is 10.1. The average molecular weight is 311 g/mol. The molecule has 1 atom stereocenters. The maximum Gasteiger partial charge on any atom is 0.258 e. The summed E-state index contributed by atoms with van der Waals surface area (Å²) in [6.45, 7) is 0. The minimum absolute atomic E-state index is 0.112. The molecule has 4 nitrogen and oxygen atoms in total. The monoisotopic (exact) mass is 311 g/mol. The van der Waals surface area contributed by atoms with Gasteiger partial charge < -0.3 is 10.2 Å². The zero-order valence-corrected chi connectivity index (χ0v) is 13.0. The molecule has 2 saturated carbocycles. The Bertz CT molecular complexity index is 748. The van der Waals surface area contributed by atoms with Crippen molar-refractivity contribution in [2.45, 2.75) is 43.8 Å². The normalized spacial score (nSPS) is 24.1. The molecule has 1 amide bonds. The summed E-state index contributed by atoms with van der Waals surface area (Å²) in [5, 5.41) is 6.90. The first-order valence-corrected chi connectivity index (χ1v) is 8.83. The highest BCUT2D eigenvalue weighted by molar-refractivity contribution is 7.09. The minimum atomic E-state index is -0.112. The lowest BCUT2D eigenvalue weighted by Gasteiger charge is -2.37. The zero-order chi connectivity index (χ0) is 14.7. The molecular weight excluding hydrogens is 294 g/mol. The molecule has 0 radical (unpaired) electrons. The van der Waals surface area contributed by atoms with Gasteiger partial charge in [-0.3, -0.25) is 4.79 Å². The Morgan fingerprint density at radius 2 is 2.00 bits per heavy atom. The highest BCUT2D eigenvalue weighted by Crippen LogP contribution is 2.44. The van der Waals surface area contributed by atoms with E-state index in [1.54, 1.807) is 11.3 Å². The van der Waals surface area contributed by atoms with E-state index >= 15 is 0 Å². The summed E-state index contributed by atoms with van der Waals surface area (Å²) >= 11 is 1.74. The van der Waals surface area contributed by atoms with Gasteiger partial charge in [0.15, 0.2) is 0 Å². The summed E-state index contributed by atoms with van der Waals surface area (Å²) in [4.78, 5) is 19.7. The van der Waals surface area contributed by atoms with Gasteiger partial charge >= 0.3 is 0 Å². The van der Waals surface area contributed by atoms with Crippen molar-refractivity contribution in [1.82, 2.24) is 9.88 Å². The lowest BCUT2D eigenvalue weighted by Crippen LogP contribution is -2.44. The van der Waals surface area contributed by atoms with Gasteiger partial charge in [0.05, 0.1) is 16.3 Å². The van der Waals surface area contributed by atoms with E-state index in [2.05, 4.69) is 10.7 Å². The summed E-state index contributed by atoms with van der Waals surface area (Å²) < 4.78 is 0. The molecule has 1 unspecified atom stereocenters. The molecule has 0 bridgehead atoms. The van der Waals surface area contributed by atoms with Crippen LogP contribution >= 0.6 is 11.3 Å². The Labute approximate surface area is 133 Å². The molecule has 5 rings (SSSR count). The van der Waals surface area contributed by atoms with Crippen LogP contribution in [-0.4, -0.2) is 21.8 Å². The molecule has 0 saturated heterocycles. The van der Waals surface area contributed by atoms with E-state index in [1.165, 1.54) is 17.8 Å². The molecule has 1 N–H and O–H groups in total.